The molecule has 1 amide bonds. The summed E-state index contributed by atoms with van der Waals surface area (Å²) >= 11 is 0. The summed E-state index contributed by atoms with van der Waals surface area (Å²) in [7, 11) is 0. The SMILES string of the molecule is Cc1cc(-c2nc(-c3ccc(F)cc3)no2)c(C)n1CC(=O)N1CCOCC1. The lowest BCUT2D eigenvalue weighted by Crippen LogP contribution is -2.42. The van der Waals surface area contributed by atoms with E-state index >= 15 is 0 Å². The van der Waals surface area contributed by atoms with Gasteiger partial charge in [0, 0.05) is 30.0 Å². The van der Waals surface area contributed by atoms with Gasteiger partial charge in [-0.2, -0.15) is 4.98 Å². The minimum atomic E-state index is -0.319. The van der Waals surface area contributed by atoms with Gasteiger partial charge in [0.15, 0.2) is 0 Å². The maximum atomic E-state index is 13.1. The summed E-state index contributed by atoms with van der Waals surface area (Å²) in [6, 6.07) is 7.86. The number of benzene rings is 1. The molecule has 146 valence electrons. The third kappa shape index (κ3) is 3.55. The van der Waals surface area contributed by atoms with Gasteiger partial charge in [0.05, 0.1) is 18.8 Å². The minimum absolute atomic E-state index is 0.0641. The number of nitrogens with zero attached hydrogens (tertiary/aromatic N) is 4. The van der Waals surface area contributed by atoms with Gasteiger partial charge in [-0.05, 0) is 44.2 Å². The molecule has 3 aromatic rings. The van der Waals surface area contributed by atoms with Crippen molar-refractivity contribution in [3.05, 3.63) is 47.5 Å². The maximum Gasteiger partial charge on any atom is 0.260 e. The first-order valence-corrected chi connectivity index (χ1v) is 9.15. The number of morpholine rings is 1. The van der Waals surface area contributed by atoms with Crippen LogP contribution in [0.15, 0.2) is 34.9 Å². The zero-order valence-corrected chi connectivity index (χ0v) is 15.8. The Morgan fingerprint density at radius 3 is 2.61 bits per heavy atom. The second-order valence-electron chi connectivity index (χ2n) is 6.79. The second kappa shape index (κ2) is 7.55. The van der Waals surface area contributed by atoms with Gasteiger partial charge in [-0.1, -0.05) is 5.16 Å². The van der Waals surface area contributed by atoms with Gasteiger partial charge in [-0.3, -0.25) is 4.79 Å². The van der Waals surface area contributed by atoms with Crippen molar-refractivity contribution >= 4 is 5.91 Å². The molecule has 3 heterocycles. The highest BCUT2D eigenvalue weighted by atomic mass is 19.1. The van der Waals surface area contributed by atoms with Crippen LogP contribution in [0.25, 0.3) is 22.8 Å². The summed E-state index contributed by atoms with van der Waals surface area (Å²) in [5.41, 5.74) is 3.28. The molecule has 1 aliphatic rings. The quantitative estimate of drug-likeness (QED) is 0.692. The summed E-state index contributed by atoms with van der Waals surface area (Å²) in [6.45, 7) is 6.53. The lowest BCUT2D eigenvalue weighted by molar-refractivity contribution is -0.135. The van der Waals surface area contributed by atoms with Crippen LogP contribution in [0.5, 0.6) is 0 Å². The van der Waals surface area contributed by atoms with Gasteiger partial charge in [-0.15, -0.1) is 0 Å². The van der Waals surface area contributed by atoms with Gasteiger partial charge < -0.3 is 18.7 Å². The lowest BCUT2D eigenvalue weighted by Gasteiger charge is -2.27. The van der Waals surface area contributed by atoms with Crippen LogP contribution in [0.2, 0.25) is 0 Å². The van der Waals surface area contributed by atoms with E-state index in [1.807, 2.05) is 29.4 Å². The monoisotopic (exact) mass is 384 g/mol. The molecule has 0 radical (unpaired) electrons. The van der Waals surface area contributed by atoms with E-state index in [2.05, 4.69) is 10.1 Å². The number of aromatic nitrogens is 3. The summed E-state index contributed by atoms with van der Waals surface area (Å²) in [5, 5.41) is 4.00. The van der Waals surface area contributed by atoms with Crippen LogP contribution in [0.3, 0.4) is 0 Å². The van der Waals surface area contributed by atoms with E-state index in [0.717, 1.165) is 17.0 Å². The van der Waals surface area contributed by atoms with Crippen molar-refractivity contribution in [2.45, 2.75) is 20.4 Å². The van der Waals surface area contributed by atoms with Crippen LogP contribution >= 0.6 is 0 Å². The zero-order chi connectivity index (χ0) is 19.7. The molecule has 0 saturated carbocycles. The molecule has 0 atom stereocenters. The molecule has 1 fully saturated rings. The molecule has 0 spiro atoms. The largest absolute Gasteiger partial charge is 0.378 e. The van der Waals surface area contributed by atoms with Crippen molar-refractivity contribution in [2.24, 2.45) is 0 Å². The second-order valence-corrected chi connectivity index (χ2v) is 6.79. The Balaban J connectivity index is 1.57. The topological polar surface area (TPSA) is 73.4 Å². The van der Waals surface area contributed by atoms with Crippen molar-refractivity contribution in [2.75, 3.05) is 26.3 Å². The average molecular weight is 384 g/mol. The van der Waals surface area contributed by atoms with E-state index in [9.17, 15) is 9.18 Å². The third-order valence-electron chi connectivity index (χ3n) is 4.99. The Morgan fingerprint density at radius 2 is 1.89 bits per heavy atom. The highest BCUT2D eigenvalue weighted by molar-refractivity contribution is 5.77. The van der Waals surface area contributed by atoms with Crippen molar-refractivity contribution in [1.29, 1.82) is 0 Å². The van der Waals surface area contributed by atoms with Gasteiger partial charge in [0.25, 0.3) is 5.89 Å². The molecule has 0 aliphatic carbocycles. The smallest absolute Gasteiger partial charge is 0.260 e. The number of amides is 1. The third-order valence-corrected chi connectivity index (χ3v) is 4.99. The molecule has 1 aliphatic heterocycles. The fourth-order valence-corrected chi connectivity index (χ4v) is 3.36. The molecule has 1 saturated heterocycles. The Morgan fingerprint density at radius 1 is 1.18 bits per heavy atom. The van der Waals surface area contributed by atoms with Crippen molar-refractivity contribution in [3.63, 3.8) is 0 Å². The number of carbonyl (C=O) groups excluding carboxylic acids is 1. The molecule has 1 aromatic carbocycles. The molecule has 0 bridgehead atoms. The molecule has 0 unspecified atom stereocenters. The Hall–Kier alpha value is -3.00. The van der Waals surface area contributed by atoms with E-state index in [4.69, 9.17) is 9.26 Å². The highest BCUT2D eigenvalue weighted by Gasteiger charge is 2.22. The fraction of sp³-hybridized carbons (Fsp3) is 0.350. The van der Waals surface area contributed by atoms with Crippen molar-refractivity contribution in [3.8, 4) is 22.8 Å². The van der Waals surface area contributed by atoms with Gasteiger partial charge in [0.2, 0.25) is 11.7 Å². The van der Waals surface area contributed by atoms with E-state index in [1.54, 1.807) is 12.1 Å². The highest BCUT2D eigenvalue weighted by Crippen LogP contribution is 2.28. The van der Waals surface area contributed by atoms with Crippen LogP contribution in [-0.2, 0) is 16.1 Å². The van der Waals surface area contributed by atoms with Crippen molar-refractivity contribution in [1.82, 2.24) is 19.6 Å². The molecule has 2 aromatic heterocycles. The Bertz CT molecular complexity index is 988. The summed E-state index contributed by atoms with van der Waals surface area (Å²) < 4.78 is 25.8. The number of rotatable bonds is 4. The number of hydrogen-bond acceptors (Lipinski definition) is 5. The summed E-state index contributed by atoms with van der Waals surface area (Å²) in [5.74, 6) is 0.511. The minimum Gasteiger partial charge on any atom is -0.378 e. The first kappa shape index (κ1) is 18.4. The van der Waals surface area contributed by atoms with Gasteiger partial charge in [0.1, 0.15) is 12.4 Å². The molecule has 0 N–H and O–H groups in total. The van der Waals surface area contributed by atoms with E-state index < -0.39 is 0 Å². The normalized spacial score (nSPS) is 14.5. The van der Waals surface area contributed by atoms with E-state index in [-0.39, 0.29) is 18.3 Å². The Labute approximate surface area is 161 Å². The predicted octanol–water partition coefficient (Wildman–Crippen LogP) is 2.82. The van der Waals surface area contributed by atoms with Crippen LogP contribution in [0.1, 0.15) is 11.4 Å². The summed E-state index contributed by atoms with van der Waals surface area (Å²) in [4.78, 5) is 18.9. The van der Waals surface area contributed by atoms with Crippen molar-refractivity contribution < 1.29 is 18.4 Å². The first-order valence-electron chi connectivity index (χ1n) is 9.15. The summed E-state index contributed by atoms with van der Waals surface area (Å²) in [6.07, 6.45) is 0. The number of aryl methyl sites for hydroxylation is 1. The number of carbonyl (C=O) groups is 1. The molecule has 8 heteroatoms. The average Bonchev–Trinajstić information content (AvgIpc) is 3.30. The van der Waals surface area contributed by atoms with Crippen LogP contribution in [0.4, 0.5) is 4.39 Å². The van der Waals surface area contributed by atoms with E-state index in [0.29, 0.717) is 43.6 Å². The number of hydrogen-bond donors (Lipinski definition) is 0. The fourth-order valence-electron chi connectivity index (χ4n) is 3.36. The molecule has 28 heavy (non-hydrogen) atoms. The number of halogens is 1. The maximum absolute atomic E-state index is 13.1. The molecular formula is C20H21FN4O3. The lowest BCUT2D eigenvalue weighted by atomic mass is 10.2. The van der Waals surface area contributed by atoms with Crippen LogP contribution in [-0.4, -0.2) is 51.8 Å². The number of ether oxygens (including phenoxy) is 1. The van der Waals surface area contributed by atoms with E-state index in [1.165, 1.54) is 12.1 Å². The molecular weight excluding hydrogens is 363 g/mol. The predicted molar refractivity (Wildman–Crippen MR) is 100.0 cm³/mol. The standard InChI is InChI=1S/C20H21FN4O3/c1-13-11-17(14(2)25(13)12-18(26)24-7-9-27-10-8-24)20-22-19(23-28-20)15-3-5-16(21)6-4-15/h3-6,11H,7-10,12H2,1-2H3. The van der Waals surface area contributed by atoms with Crippen LogP contribution in [0, 0.1) is 19.7 Å². The molecule has 7 nitrogen and oxygen atoms in total. The van der Waals surface area contributed by atoms with Gasteiger partial charge in [-0.25, -0.2) is 4.39 Å². The van der Waals surface area contributed by atoms with Crippen LogP contribution < -0.4 is 0 Å². The van der Waals surface area contributed by atoms with Gasteiger partial charge >= 0.3 is 0 Å². The zero-order valence-electron chi connectivity index (χ0n) is 15.8. The first-order chi connectivity index (χ1) is 13.5. The Kier molecular flexibility index (Phi) is 4.95. The molecule has 4 rings (SSSR count).